The van der Waals surface area contributed by atoms with Gasteiger partial charge in [0, 0.05) is 36.2 Å². The number of carbonyl (C=O) groups excluding carboxylic acids is 1. The Morgan fingerprint density at radius 3 is 2.63 bits per heavy atom. The minimum Gasteiger partial charge on any atom is -0.378 e. The van der Waals surface area contributed by atoms with Crippen molar-refractivity contribution in [2.24, 2.45) is 0 Å². The largest absolute Gasteiger partial charge is 0.378 e. The minimum atomic E-state index is -0.649. The van der Waals surface area contributed by atoms with Crippen molar-refractivity contribution < 1.29 is 13.9 Å². The molecule has 0 aliphatic carbocycles. The molecule has 0 spiro atoms. The molecule has 0 radical (unpaired) electrons. The number of nitrogens with zero attached hydrogens (tertiary/aromatic N) is 3. The molecule has 7 nitrogen and oxygen atoms in total. The number of hydrogen-bond acceptors (Lipinski definition) is 5. The summed E-state index contributed by atoms with van der Waals surface area (Å²) >= 11 is 0. The molecule has 4 rings (SSSR count). The van der Waals surface area contributed by atoms with Gasteiger partial charge in [0.15, 0.2) is 5.69 Å². The molecule has 154 valence electrons. The zero-order valence-corrected chi connectivity index (χ0v) is 16.5. The number of halogens is 1. The fourth-order valence-electron chi connectivity index (χ4n) is 3.36. The molecular weight excluding hydrogens is 387 g/mol. The molecule has 1 saturated heterocycles. The highest BCUT2D eigenvalue weighted by atomic mass is 19.1. The van der Waals surface area contributed by atoms with Gasteiger partial charge in [-0.15, -0.1) is 0 Å². The van der Waals surface area contributed by atoms with Crippen molar-refractivity contribution in [1.82, 2.24) is 9.78 Å². The molecule has 30 heavy (non-hydrogen) atoms. The maximum absolute atomic E-state index is 14.2. The zero-order valence-electron chi connectivity index (χ0n) is 16.5. The van der Waals surface area contributed by atoms with Crippen molar-refractivity contribution in [3.8, 4) is 5.69 Å². The van der Waals surface area contributed by atoms with E-state index < -0.39 is 17.2 Å². The van der Waals surface area contributed by atoms with E-state index >= 15 is 0 Å². The predicted octanol–water partition coefficient (Wildman–Crippen LogP) is 2.77. The van der Waals surface area contributed by atoms with Gasteiger partial charge in [-0.1, -0.05) is 18.2 Å². The highest BCUT2D eigenvalue weighted by molar-refractivity contribution is 6.02. The molecule has 2 aromatic carbocycles. The summed E-state index contributed by atoms with van der Waals surface area (Å²) in [5.74, 6) is -1.15. The number of anilines is 2. The fraction of sp³-hybridized carbons (Fsp3) is 0.227. The summed E-state index contributed by atoms with van der Waals surface area (Å²) in [5, 5.41) is 6.86. The van der Waals surface area contributed by atoms with E-state index in [1.54, 1.807) is 25.1 Å². The standard InChI is InChI=1S/C22H21FN4O3/c1-15-13-20(28)21(25-27(15)19-8-3-2-7-18(19)23)22(29)24-16-5-4-6-17(14-16)26-9-11-30-12-10-26/h2-8,13-14H,9-12H2,1H3,(H,24,29). The Labute approximate surface area is 172 Å². The van der Waals surface area contributed by atoms with Gasteiger partial charge in [-0.2, -0.15) is 5.10 Å². The van der Waals surface area contributed by atoms with E-state index in [1.165, 1.54) is 22.9 Å². The van der Waals surface area contributed by atoms with Gasteiger partial charge in [-0.25, -0.2) is 9.07 Å². The van der Waals surface area contributed by atoms with E-state index in [0.29, 0.717) is 24.6 Å². The first kappa shape index (κ1) is 19.8. The Morgan fingerprint density at radius 1 is 1.10 bits per heavy atom. The Hall–Kier alpha value is -3.52. The van der Waals surface area contributed by atoms with Crippen molar-refractivity contribution >= 4 is 17.3 Å². The van der Waals surface area contributed by atoms with Gasteiger partial charge in [0.1, 0.15) is 11.5 Å². The van der Waals surface area contributed by atoms with Crippen LogP contribution in [0.25, 0.3) is 5.69 Å². The van der Waals surface area contributed by atoms with Crippen molar-refractivity contribution in [2.45, 2.75) is 6.92 Å². The second-order valence-corrected chi connectivity index (χ2v) is 6.97. The third-order valence-electron chi connectivity index (χ3n) is 4.88. The number of aryl methyl sites for hydroxylation is 1. The Morgan fingerprint density at radius 2 is 1.87 bits per heavy atom. The molecule has 8 heteroatoms. The van der Waals surface area contributed by atoms with E-state index in [-0.39, 0.29) is 11.4 Å². The lowest BCUT2D eigenvalue weighted by atomic mass is 10.2. The molecule has 2 heterocycles. The molecule has 1 amide bonds. The lowest BCUT2D eigenvalue weighted by Gasteiger charge is -2.29. The van der Waals surface area contributed by atoms with Crippen LogP contribution in [0.4, 0.5) is 15.8 Å². The topological polar surface area (TPSA) is 76.5 Å². The van der Waals surface area contributed by atoms with Crippen LogP contribution in [0, 0.1) is 12.7 Å². The third kappa shape index (κ3) is 4.08. The van der Waals surface area contributed by atoms with Crippen LogP contribution in [-0.2, 0) is 4.74 Å². The van der Waals surface area contributed by atoms with Gasteiger partial charge in [0.05, 0.1) is 13.2 Å². The highest BCUT2D eigenvalue weighted by Gasteiger charge is 2.18. The van der Waals surface area contributed by atoms with E-state index in [1.807, 2.05) is 18.2 Å². The summed E-state index contributed by atoms with van der Waals surface area (Å²) in [7, 11) is 0. The Balaban J connectivity index is 1.62. The molecule has 3 aromatic rings. The predicted molar refractivity (Wildman–Crippen MR) is 112 cm³/mol. The average Bonchev–Trinajstić information content (AvgIpc) is 2.75. The summed E-state index contributed by atoms with van der Waals surface area (Å²) in [6, 6.07) is 14.7. The number of amides is 1. The third-order valence-corrected chi connectivity index (χ3v) is 4.88. The minimum absolute atomic E-state index is 0.165. The van der Waals surface area contributed by atoms with Crippen molar-refractivity contribution in [3.05, 3.63) is 82.0 Å². The molecule has 0 atom stereocenters. The molecule has 0 bridgehead atoms. The van der Waals surface area contributed by atoms with Gasteiger partial charge in [-0.05, 0) is 37.3 Å². The van der Waals surface area contributed by atoms with E-state index in [9.17, 15) is 14.0 Å². The van der Waals surface area contributed by atoms with Gasteiger partial charge in [0.25, 0.3) is 5.91 Å². The summed E-state index contributed by atoms with van der Waals surface area (Å²) < 4.78 is 20.8. The van der Waals surface area contributed by atoms with Crippen LogP contribution in [0.3, 0.4) is 0 Å². The van der Waals surface area contributed by atoms with Crippen molar-refractivity contribution in [3.63, 3.8) is 0 Å². The number of hydrogen-bond donors (Lipinski definition) is 1. The molecule has 1 N–H and O–H groups in total. The van der Waals surface area contributed by atoms with Crippen molar-refractivity contribution in [1.29, 1.82) is 0 Å². The van der Waals surface area contributed by atoms with E-state index in [0.717, 1.165) is 18.8 Å². The lowest BCUT2D eigenvalue weighted by Crippen LogP contribution is -2.36. The number of nitrogens with one attached hydrogen (secondary N) is 1. The first-order valence-corrected chi connectivity index (χ1v) is 9.63. The molecular formula is C22H21FN4O3. The Bertz CT molecular complexity index is 1140. The number of rotatable bonds is 4. The van der Waals surface area contributed by atoms with Crippen LogP contribution in [0.2, 0.25) is 0 Å². The maximum atomic E-state index is 14.2. The average molecular weight is 408 g/mol. The fourth-order valence-corrected chi connectivity index (χ4v) is 3.36. The molecule has 1 aliphatic heterocycles. The number of para-hydroxylation sites is 1. The van der Waals surface area contributed by atoms with Crippen LogP contribution in [0.15, 0.2) is 59.4 Å². The van der Waals surface area contributed by atoms with E-state index in [2.05, 4.69) is 15.3 Å². The Kier molecular flexibility index (Phi) is 5.58. The smallest absolute Gasteiger partial charge is 0.280 e. The second kappa shape index (κ2) is 8.46. The lowest BCUT2D eigenvalue weighted by molar-refractivity contribution is 0.101. The van der Waals surface area contributed by atoms with Crippen LogP contribution >= 0.6 is 0 Å². The molecule has 1 aromatic heterocycles. The van der Waals surface area contributed by atoms with Gasteiger partial charge in [0.2, 0.25) is 5.43 Å². The number of carbonyl (C=O) groups is 1. The summed E-state index contributed by atoms with van der Waals surface area (Å²) in [5.41, 5.74) is 1.26. The van der Waals surface area contributed by atoms with Gasteiger partial charge in [-0.3, -0.25) is 9.59 Å². The van der Waals surface area contributed by atoms with Crippen molar-refractivity contribution in [2.75, 3.05) is 36.5 Å². The molecule has 1 fully saturated rings. The molecule has 0 unspecified atom stereocenters. The second-order valence-electron chi connectivity index (χ2n) is 6.97. The first-order valence-electron chi connectivity index (χ1n) is 9.63. The number of aromatic nitrogens is 2. The number of benzene rings is 2. The van der Waals surface area contributed by atoms with Crippen LogP contribution in [-0.4, -0.2) is 42.0 Å². The summed E-state index contributed by atoms with van der Waals surface area (Å²) in [6.45, 7) is 4.47. The zero-order chi connectivity index (χ0) is 21.1. The quantitative estimate of drug-likeness (QED) is 0.719. The molecule has 1 aliphatic rings. The van der Waals surface area contributed by atoms with Crippen LogP contribution in [0.5, 0.6) is 0 Å². The summed E-state index contributed by atoms with van der Waals surface area (Å²) in [4.78, 5) is 27.4. The highest BCUT2D eigenvalue weighted by Crippen LogP contribution is 2.21. The number of morpholine rings is 1. The van der Waals surface area contributed by atoms with E-state index in [4.69, 9.17) is 4.74 Å². The maximum Gasteiger partial charge on any atom is 0.280 e. The number of ether oxygens (including phenoxy) is 1. The SMILES string of the molecule is Cc1cc(=O)c(C(=O)Nc2cccc(N3CCOCC3)c2)nn1-c1ccccc1F. The monoisotopic (exact) mass is 408 g/mol. The van der Waals surface area contributed by atoms with Gasteiger partial charge >= 0.3 is 0 Å². The summed E-state index contributed by atoms with van der Waals surface area (Å²) in [6.07, 6.45) is 0. The first-order chi connectivity index (χ1) is 14.5. The normalized spacial score (nSPS) is 13.9. The molecule has 0 saturated carbocycles. The van der Waals surface area contributed by atoms with Gasteiger partial charge < -0.3 is 15.0 Å². The van der Waals surface area contributed by atoms with Crippen LogP contribution < -0.4 is 15.6 Å². The van der Waals surface area contributed by atoms with Crippen LogP contribution in [0.1, 0.15) is 16.2 Å².